The van der Waals surface area contributed by atoms with Crippen LogP contribution in [-0.4, -0.2) is 5.78 Å². The quantitative estimate of drug-likeness (QED) is 0.498. The van der Waals surface area contributed by atoms with E-state index in [1.165, 1.54) is 0 Å². The van der Waals surface area contributed by atoms with Crippen LogP contribution >= 0.6 is 0 Å². The van der Waals surface area contributed by atoms with E-state index in [9.17, 15) is 4.79 Å². The third kappa shape index (κ3) is 5.41. The van der Waals surface area contributed by atoms with E-state index in [0.29, 0.717) is 5.92 Å². The van der Waals surface area contributed by atoms with Crippen LogP contribution in [0.2, 0.25) is 0 Å². The van der Waals surface area contributed by atoms with E-state index in [2.05, 4.69) is 0 Å². The molecule has 0 N–H and O–H groups in total. The summed E-state index contributed by atoms with van der Waals surface area (Å²) in [4.78, 5) is 10.3. The number of carbonyl (C=O) groups excluding carboxylic acids is 1. The van der Waals surface area contributed by atoms with E-state index in [0.717, 1.165) is 0 Å². The molecule has 0 unspecified atom stereocenters. The predicted molar refractivity (Wildman–Crippen MR) is 34.7 cm³/mol. The van der Waals surface area contributed by atoms with Crippen molar-refractivity contribution in [2.75, 3.05) is 0 Å². The lowest BCUT2D eigenvalue weighted by molar-refractivity contribution is -0.112. The second-order valence-corrected chi connectivity index (χ2v) is 2.21. The van der Waals surface area contributed by atoms with Crippen LogP contribution in [0.4, 0.5) is 0 Å². The summed E-state index contributed by atoms with van der Waals surface area (Å²) < 4.78 is 0. The summed E-state index contributed by atoms with van der Waals surface area (Å²) >= 11 is 0. The highest BCUT2D eigenvalue weighted by molar-refractivity contribution is 5.87. The van der Waals surface area contributed by atoms with Gasteiger partial charge in [0.2, 0.25) is 0 Å². The van der Waals surface area contributed by atoms with Gasteiger partial charge >= 0.3 is 0 Å². The highest BCUT2D eigenvalue weighted by Gasteiger charge is 1.84. The van der Waals surface area contributed by atoms with Crippen molar-refractivity contribution in [3.8, 4) is 0 Å². The maximum Gasteiger partial charge on any atom is 0.152 e. The first-order valence-electron chi connectivity index (χ1n) is 2.81. The van der Waals surface area contributed by atoms with E-state index in [-0.39, 0.29) is 5.78 Å². The molecule has 0 aliphatic rings. The van der Waals surface area contributed by atoms with Crippen LogP contribution in [-0.2, 0) is 4.79 Å². The molecule has 0 bridgehead atoms. The first kappa shape index (κ1) is 7.41. The zero-order valence-electron chi connectivity index (χ0n) is 5.64. The summed E-state index contributed by atoms with van der Waals surface area (Å²) in [6.07, 6.45) is 3.49. The van der Waals surface area contributed by atoms with Crippen LogP contribution < -0.4 is 0 Å². The SMILES string of the molecule is CC(=O)/C=C\C(C)C. The maximum absolute atomic E-state index is 10.3. The lowest BCUT2D eigenvalue weighted by atomic mass is 10.2. The second-order valence-electron chi connectivity index (χ2n) is 2.21. The van der Waals surface area contributed by atoms with Crippen LogP contribution in [0.1, 0.15) is 20.8 Å². The first-order valence-corrected chi connectivity index (χ1v) is 2.81. The molecule has 0 rings (SSSR count). The number of allylic oxidation sites excluding steroid dienone is 2. The number of ketones is 1. The van der Waals surface area contributed by atoms with Crippen molar-refractivity contribution in [1.82, 2.24) is 0 Å². The highest BCUT2D eigenvalue weighted by Crippen LogP contribution is 1.92. The standard InChI is InChI=1S/C7H12O/c1-6(2)4-5-7(3)8/h4-6H,1-3H3/b5-4-. The van der Waals surface area contributed by atoms with Crippen molar-refractivity contribution < 1.29 is 4.79 Å². The summed E-state index contributed by atoms with van der Waals surface area (Å²) in [5, 5.41) is 0. The van der Waals surface area contributed by atoms with Gasteiger partial charge in [-0.05, 0) is 18.9 Å². The largest absolute Gasteiger partial charge is 0.295 e. The van der Waals surface area contributed by atoms with Crippen molar-refractivity contribution in [2.45, 2.75) is 20.8 Å². The van der Waals surface area contributed by atoms with Gasteiger partial charge in [0, 0.05) is 0 Å². The van der Waals surface area contributed by atoms with Gasteiger partial charge in [-0.1, -0.05) is 19.9 Å². The molecule has 46 valence electrons. The molecule has 0 saturated carbocycles. The predicted octanol–water partition coefficient (Wildman–Crippen LogP) is 1.79. The molecule has 1 heteroatoms. The molecule has 0 aromatic heterocycles. The van der Waals surface area contributed by atoms with Crippen LogP contribution in [0.15, 0.2) is 12.2 Å². The average molecular weight is 112 g/mol. The lowest BCUT2D eigenvalue weighted by Gasteiger charge is -1.88. The van der Waals surface area contributed by atoms with E-state index >= 15 is 0 Å². The van der Waals surface area contributed by atoms with Gasteiger partial charge in [0.25, 0.3) is 0 Å². The molecular formula is C7H12O. The zero-order chi connectivity index (χ0) is 6.57. The topological polar surface area (TPSA) is 17.1 Å². The Morgan fingerprint density at radius 1 is 1.50 bits per heavy atom. The van der Waals surface area contributed by atoms with Gasteiger partial charge in [0.1, 0.15) is 0 Å². The monoisotopic (exact) mass is 112 g/mol. The molecule has 0 spiro atoms. The van der Waals surface area contributed by atoms with Crippen molar-refractivity contribution in [3.63, 3.8) is 0 Å². The molecule has 0 heterocycles. The number of rotatable bonds is 2. The Morgan fingerprint density at radius 2 is 2.00 bits per heavy atom. The number of hydrogen-bond donors (Lipinski definition) is 0. The lowest BCUT2D eigenvalue weighted by Crippen LogP contribution is -1.83. The fourth-order valence-corrected chi connectivity index (χ4v) is 0.328. The molecule has 0 atom stereocenters. The molecule has 0 saturated heterocycles. The van der Waals surface area contributed by atoms with Crippen LogP contribution in [0.3, 0.4) is 0 Å². The Balaban J connectivity index is 3.50. The van der Waals surface area contributed by atoms with Crippen LogP contribution in [0, 0.1) is 5.92 Å². The normalized spacial score (nSPS) is 11.0. The van der Waals surface area contributed by atoms with E-state index in [1.54, 1.807) is 13.0 Å². The van der Waals surface area contributed by atoms with Gasteiger partial charge in [0.15, 0.2) is 5.78 Å². The molecule has 0 aromatic carbocycles. The highest BCUT2D eigenvalue weighted by atomic mass is 16.1. The molecule has 0 fully saturated rings. The smallest absolute Gasteiger partial charge is 0.152 e. The third-order valence-electron chi connectivity index (χ3n) is 0.716. The van der Waals surface area contributed by atoms with Gasteiger partial charge in [0.05, 0.1) is 0 Å². The van der Waals surface area contributed by atoms with E-state index in [1.807, 2.05) is 19.9 Å². The number of hydrogen-bond acceptors (Lipinski definition) is 1. The van der Waals surface area contributed by atoms with Gasteiger partial charge in [-0.25, -0.2) is 0 Å². The van der Waals surface area contributed by atoms with Crippen molar-refractivity contribution >= 4 is 5.78 Å². The summed E-state index contributed by atoms with van der Waals surface area (Å²) in [5.41, 5.74) is 0. The van der Waals surface area contributed by atoms with Crippen molar-refractivity contribution in [3.05, 3.63) is 12.2 Å². The fourth-order valence-electron chi connectivity index (χ4n) is 0.328. The summed E-state index contributed by atoms with van der Waals surface area (Å²) in [7, 11) is 0. The summed E-state index contributed by atoms with van der Waals surface area (Å²) in [6, 6.07) is 0. The Hall–Kier alpha value is -0.590. The maximum atomic E-state index is 10.3. The Kier molecular flexibility index (Phi) is 3.16. The summed E-state index contributed by atoms with van der Waals surface area (Å²) in [5.74, 6) is 0.609. The van der Waals surface area contributed by atoms with Crippen LogP contribution in [0.5, 0.6) is 0 Å². The minimum absolute atomic E-state index is 0.124. The van der Waals surface area contributed by atoms with Crippen LogP contribution in [0.25, 0.3) is 0 Å². The molecule has 0 aliphatic heterocycles. The van der Waals surface area contributed by atoms with Gasteiger partial charge in [-0.2, -0.15) is 0 Å². The number of carbonyl (C=O) groups is 1. The first-order chi connectivity index (χ1) is 3.63. The van der Waals surface area contributed by atoms with E-state index < -0.39 is 0 Å². The molecule has 0 radical (unpaired) electrons. The average Bonchev–Trinajstić information content (AvgIpc) is 1.61. The zero-order valence-corrected chi connectivity index (χ0v) is 5.64. The Morgan fingerprint density at radius 3 is 2.12 bits per heavy atom. The van der Waals surface area contributed by atoms with Gasteiger partial charge < -0.3 is 0 Å². The minimum atomic E-state index is 0.124. The molecule has 0 amide bonds. The van der Waals surface area contributed by atoms with Crippen molar-refractivity contribution in [2.24, 2.45) is 5.92 Å². The Bertz CT molecular complexity index is 101. The Labute approximate surface area is 50.4 Å². The third-order valence-corrected chi connectivity index (χ3v) is 0.716. The molecule has 8 heavy (non-hydrogen) atoms. The molecular weight excluding hydrogens is 100 g/mol. The molecule has 0 aliphatic carbocycles. The molecule has 0 aromatic rings. The molecule has 1 nitrogen and oxygen atoms in total. The van der Waals surface area contributed by atoms with Crippen molar-refractivity contribution in [1.29, 1.82) is 0 Å². The van der Waals surface area contributed by atoms with Gasteiger partial charge in [-0.3, -0.25) is 4.79 Å². The van der Waals surface area contributed by atoms with E-state index in [4.69, 9.17) is 0 Å². The summed E-state index contributed by atoms with van der Waals surface area (Å²) in [6.45, 7) is 5.64. The van der Waals surface area contributed by atoms with Gasteiger partial charge in [-0.15, -0.1) is 0 Å². The fraction of sp³-hybridized carbons (Fsp3) is 0.571. The minimum Gasteiger partial charge on any atom is -0.295 e. The second kappa shape index (κ2) is 3.42.